The summed E-state index contributed by atoms with van der Waals surface area (Å²) >= 11 is 3.07. The van der Waals surface area contributed by atoms with Crippen LogP contribution in [-0.4, -0.2) is 21.2 Å². The Balaban J connectivity index is 1.90. The molecule has 1 unspecified atom stereocenters. The van der Waals surface area contributed by atoms with Gasteiger partial charge in [-0.25, -0.2) is 0 Å². The third-order valence-electron chi connectivity index (χ3n) is 5.34. The van der Waals surface area contributed by atoms with E-state index in [1.807, 2.05) is 31.2 Å². The molecular weight excluding hydrogens is 414 g/mol. The maximum Gasteiger partial charge on any atom is 0.219 e. The first-order valence-corrected chi connectivity index (χ1v) is 11.6. The van der Waals surface area contributed by atoms with E-state index >= 15 is 0 Å². The molecule has 1 atom stereocenters. The number of thioether (sulfide) groups is 1. The molecule has 6 nitrogen and oxygen atoms in total. The van der Waals surface area contributed by atoms with Crippen LogP contribution in [-0.2, 0) is 4.79 Å². The molecule has 0 saturated carbocycles. The lowest BCUT2D eigenvalue weighted by atomic mass is 9.75. The molecule has 8 heteroatoms. The van der Waals surface area contributed by atoms with E-state index in [-0.39, 0.29) is 5.78 Å². The minimum Gasteiger partial charge on any atom is -0.384 e. The largest absolute Gasteiger partial charge is 0.384 e. The molecule has 0 fully saturated rings. The van der Waals surface area contributed by atoms with Gasteiger partial charge in [-0.15, -0.1) is 10.2 Å². The lowest BCUT2D eigenvalue weighted by Gasteiger charge is -2.38. The van der Waals surface area contributed by atoms with Crippen LogP contribution in [0.4, 0.5) is 5.13 Å². The molecule has 2 heterocycles. The highest BCUT2D eigenvalue weighted by Crippen LogP contribution is 2.47. The highest BCUT2D eigenvalue weighted by Gasteiger charge is 2.41. The first-order valence-electron chi connectivity index (χ1n) is 9.94. The average molecular weight is 438 g/mol. The lowest BCUT2D eigenvalue weighted by Crippen LogP contribution is -2.38. The molecule has 1 aliphatic carbocycles. The Kier molecular flexibility index (Phi) is 5.67. The lowest BCUT2D eigenvalue weighted by molar-refractivity contribution is -0.116. The van der Waals surface area contributed by atoms with Crippen molar-refractivity contribution in [2.45, 2.75) is 55.5 Å². The number of nitrogens with zero attached hydrogens (tertiary/aromatic N) is 4. The fourth-order valence-corrected chi connectivity index (χ4v) is 6.17. The molecule has 1 aromatic heterocycles. The van der Waals surface area contributed by atoms with Gasteiger partial charge in [-0.3, -0.25) is 9.69 Å². The number of hydrogen-bond acceptors (Lipinski definition) is 8. The van der Waals surface area contributed by atoms with Crippen LogP contribution < -0.4 is 10.6 Å². The average Bonchev–Trinajstić information content (AvgIpc) is 3.15. The predicted octanol–water partition coefficient (Wildman–Crippen LogP) is 4.65. The third-order valence-corrected chi connectivity index (χ3v) is 7.33. The molecule has 2 N–H and O–H groups in total. The van der Waals surface area contributed by atoms with Gasteiger partial charge in [0.15, 0.2) is 10.1 Å². The predicted molar refractivity (Wildman–Crippen MR) is 120 cm³/mol. The van der Waals surface area contributed by atoms with E-state index < -0.39 is 5.92 Å². The Morgan fingerprint density at radius 1 is 1.30 bits per heavy atom. The normalized spacial score (nSPS) is 19.4. The van der Waals surface area contributed by atoms with Gasteiger partial charge in [-0.05, 0) is 30.9 Å². The molecule has 2 aliphatic rings. The van der Waals surface area contributed by atoms with Crippen molar-refractivity contribution in [2.75, 3.05) is 4.90 Å². The SMILES string of the molecule is Cc1ccccc1C1C(C#N)=C(N)N(c2nnc(SC(C)C)s2)C2=C1C(=O)CCC2. The van der Waals surface area contributed by atoms with Crippen molar-refractivity contribution in [1.82, 2.24) is 10.2 Å². The monoisotopic (exact) mass is 437 g/mol. The van der Waals surface area contributed by atoms with E-state index in [0.29, 0.717) is 33.8 Å². The number of ketones is 1. The number of Topliss-reactive ketones (excluding diaryl/α,β-unsaturated/α-hetero) is 1. The number of carbonyl (C=O) groups is 1. The van der Waals surface area contributed by atoms with Crippen molar-refractivity contribution in [1.29, 1.82) is 5.26 Å². The summed E-state index contributed by atoms with van der Waals surface area (Å²) in [5.74, 6) is -0.0137. The quantitative estimate of drug-likeness (QED) is 0.695. The summed E-state index contributed by atoms with van der Waals surface area (Å²) in [7, 11) is 0. The zero-order valence-electron chi connectivity index (χ0n) is 17.2. The van der Waals surface area contributed by atoms with Crippen LogP contribution in [0.5, 0.6) is 0 Å². The number of aromatic nitrogens is 2. The number of allylic oxidation sites excluding steroid dienone is 3. The number of rotatable bonds is 4. The third kappa shape index (κ3) is 3.53. The van der Waals surface area contributed by atoms with Crippen LogP contribution in [0.15, 0.2) is 51.3 Å². The second-order valence-corrected chi connectivity index (χ2v) is 10.5. The van der Waals surface area contributed by atoms with Gasteiger partial charge in [0.25, 0.3) is 0 Å². The van der Waals surface area contributed by atoms with Gasteiger partial charge in [-0.2, -0.15) is 5.26 Å². The number of anilines is 1. The Bertz CT molecular complexity index is 1110. The first kappa shape index (κ1) is 20.6. The highest BCUT2D eigenvalue weighted by molar-refractivity contribution is 8.01. The van der Waals surface area contributed by atoms with Crippen molar-refractivity contribution < 1.29 is 4.79 Å². The first-order chi connectivity index (χ1) is 14.4. The van der Waals surface area contributed by atoms with Gasteiger partial charge in [0.05, 0.1) is 17.6 Å². The fourth-order valence-electron chi connectivity index (χ4n) is 4.07. The molecule has 0 radical (unpaired) electrons. The van der Waals surface area contributed by atoms with Crippen molar-refractivity contribution >= 4 is 34.0 Å². The van der Waals surface area contributed by atoms with Gasteiger partial charge < -0.3 is 5.73 Å². The second kappa shape index (κ2) is 8.25. The molecule has 2 aromatic rings. The van der Waals surface area contributed by atoms with Crippen LogP contribution in [0.2, 0.25) is 0 Å². The molecule has 30 heavy (non-hydrogen) atoms. The maximum atomic E-state index is 13.1. The van der Waals surface area contributed by atoms with E-state index in [9.17, 15) is 10.1 Å². The van der Waals surface area contributed by atoms with Crippen molar-refractivity contribution in [3.8, 4) is 6.07 Å². The van der Waals surface area contributed by atoms with Gasteiger partial charge in [0, 0.05) is 22.9 Å². The molecule has 4 rings (SSSR count). The molecular formula is C22H23N5OS2. The Morgan fingerprint density at radius 3 is 2.77 bits per heavy atom. The molecule has 154 valence electrons. The zero-order chi connectivity index (χ0) is 21.4. The van der Waals surface area contributed by atoms with Crippen LogP contribution in [0, 0.1) is 18.3 Å². The fraction of sp³-hybridized carbons (Fsp3) is 0.364. The van der Waals surface area contributed by atoms with Gasteiger partial charge >= 0.3 is 0 Å². The molecule has 1 aromatic carbocycles. The minimum atomic E-state index is -0.437. The summed E-state index contributed by atoms with van der Waals surface area (Å²) in [6, 6.07) is 10.2. The minimum absolute atomic E-state index is 0.0797. The van der Waals surface area contributed by atoms with E-state index in [4.69, 9.17) is 5.73 Å². The number of aryl methyl sites for hydroxylation is 1. The van der Waals surface area contributed by atoms with E-state index in [1.165, 1.54) is 11.3 Å². The van der Waals surface area contributed by atoms with Crippen LogP contribution in [0.25, 0.3) is 0 Å². The summed E-state index contributed by atoms with van der Waals surface area (Å²) in [5.41, 5.74) is 10.5. The van der Waals surface area contributed by atoms with Crippen LogP contribution >= 0.6 is 23.1 Å². The van der Waals surface area contributed by atoms with Crippen LogP contribution in [0.1, 0.15) is 50.2 Å². The molecule has 0 spiro atoms. The Labute approximate surface area is 184 Å². The van der Waals surface area contributed by atoms with Crippen molar-refractivity contribution in [3.63, 3.8) is 0 Å². The van der Waals surface area contributed by atoms with Gasteiger partial charge in [0.2, 0.25) is 5.13 Å². The number of carbonyl (C=O) groups excluding carboxylic acids is 1. The second-order valence-electron chi connectivity index (χ2n) is 7.69. The molecule has 1 aliphatic heterocycles. The zero-order valence-corrected chi connectivity index (χ0v) is 18.8. The van der Waals surface area contributed by atoms with Gasteiger partial charge in [0.1, 0.15) is 5.82 Å². The number of hydrogen-bond donors (Lipinski definition) is 1. The number of nitriles is 1. The van der Waals surface area contributed by atoms with Crippen molar-refractivity contribution in [2.24, 2.45) is 5.73 Å². The molecule has 0 amide bonds. The number of benzene rings is 1. The van der Waals surface area contributed by atoms with Crippen molar-refractivity contribution in [3.05, 3.63) is 58.1 Å². The smallest absolute Gasteiger partial charge is 0.219 e. The molecule has 0 saturated heterocycles. The van der Waals surface area contributed by atoms with E-state index in [2.05, 4.69) is 30.1 Å². The van der Waals surface area contributed by atoms with Gasteiger partial charge in [-0.1, -0.05) is 61.2 Å². The Morgan fingerprint density at radius 2 is 2.07 bits per heavy atom. The molecule has 0 bridgehead atoms. The number of nitrogens with two attached hydrogens (primary N) is 1. The maximum absolute atomic E-state index is 13.1. The summed E-state index contributed by atoms with van der Waals surface area (Å²) in [4.78, 5) is 14.9. The van der Waals surface area contributed by atoms with Crippen LogP contribution in [0.3, 0.4) is 0 Å². The standard InChI is InChI=1S/C22H23N5OS2/c1-12(2)29-22-26-25-21(30-22)27-16-9-6-10-17(28)19(16)18(15(11-23)20(27)24)14-8-5-4-7-13(14)3/h4-5,7-8,12,18H,6,9-10,24H2,1-3H3. The Hall–Kier alpha value is -2.63. The van der Waals surface area contributed by atoms with E-state index in [0.717, 1.165) is 34.0 Å². The summed E-state index contributed by atoms with van der Waals surface area (Å²) in [5, 5.41) is 19.7. The summed E-state index contributed by atoms with van der Waals surface area (Å²) < 4.78 is 0.844. The topological polar surface area (TPSA) is 95.9 Å². The summed E-state index contributed by atoms with van der Waals surface area (Å²) in [6.45, 7) is 6.20. The van der Waals surface area contributed by atoms with E-state index in [1.54, 1.807) is 16.7 Å². The highest BCUT2D eigenvalue weighted by atomic mass is 32.2. The summed E-state index contributed by atoms with van der Waals surface area (Å²) in [6.07, 6.45) is 1.96.